The first kappa shape index (κ1) is 13.7. The van der Waals surface area contributed by atoms with Crippen LogP contribution < -0.4 is 9.61 Å². The fraction of sp³-hybridized carbons (Fsp3) is 0.278. The van der Waals surface area contributed by atoms with Crippen molar-refractivity contribution in [3.63, 3.8) is 0 Å². The second-order valence-corrected chi connectivity index (χ2v) is 8.57. The van der Waals surface area contributed by atoms with Gasteiger partial charge in [0.25, 0.3) is 0 Å². The maximum atomic E-state index is 11.9. The number of aromatic nitrogens is 1. The van der Waals surface area contributed by atoms with Crippen molar-refractivity contribution >= 4 is 33.9 Å². The van der Waals surface area contributed by atoms with Crippen molar-refractivity contribution in [2.24, 2.45) is 5.41 Å². The number of thiazole rings is 1. The summed E-state index contributed by atoms with van der Waals surface area (Å²) in [6.07, 6.45) is 0. The Balaban J connectivity index is 1.87. The minimum absolute atomic E-state index is 0.0138. The number of nitrogens with one attached hydrogen (secondary N) is 1. The van der Waals surface area contributed by atoms with E-state index in [1.807, 2.05) is 0 Å². The highest BCUT2D eigenvalue weighted by atomic mass is 32.2. The van der Waals surface area contributed by atoms with Gasteiger partial charge in [-0.3, -0.25) is 4.79 Å². The minimum atomic E-state index is 0.0138. The van der Waals surface area contributed by atoms with Crippen molar-refractivity contribution in [1.29, 1.82) is 0 Å². The Morgan fingerprint density at radius 1 is 1.26 bits per heavy atom. The first-order valence-corrected chi connectivity index (χ1v) is 9.46. The number of ether oxygens (including phenoxy) is 1. The Kier molecular flexibility index (Phi) is 2.77. The highest BCUT2D eigenvalue weighted by molar-refractivity contribution is 7.99. The number of hydrogen-bond acceptors (Lipinski definition) is 4. The van der Waals surface area contributed by atoms with Gasteiger partial charge in [0, 0.05) is 27.5 Å². The fourth-order valence-electron chi connectivity index (χ4n) is 3.81. The molecule has 1 aromatic heterocycles. The standard InChI is InChI=1S/C18H15NO2S2/c1-18-8-21-12-7-6-10-4-2-3-5-11(10)13(12)14(18)15-16(22-9-18)19-17(20)23-15/h2-7,14H,8-9H2,1H3,(H,19,20)/t14-,18-/m0/s1. The molecule has 2 aromatic carbocycles. The summed E-state index contributed by atoms with van der Waals surface area (Å²) < 4.78 is 6.13. The molecular formula is C18H15NO2S2. The Labute approximate surface area is 141 Å². The lowest BCUT2D eigenvalue weighted by Gasteiger charge is -2.44. The van der Waals surface area contributed by atoms with E-state index in [4.69, 9.17) is 4.74 Å². The van der Waals surface area contributed by atoms with E-state index in [1.54, 1.807) is 11.8 Å². The zero-order chi connectivity index (χ0) is 15.6. The highest BCUT2D eigenvalue weighted by Gasteiger charge is 2.47. The van der Waals surface area contributed by atoms with Crippen LogP contribution in [0.25, 0.3) is 10.8 Å². The molecule has 0 radical (unpaired) electrons. The van der Waals surface area contributed by atoms with Crippen LogP contribution in [0.15, 0.2) is 46.2 Å². The Morgan fingerprint density at radius 2 is 2.13 bits per heavy atom. The van der Waals surface area contributed by atoms with Gasteiger partial charge in [0.1, 0.15) is 5.75 Å². The molecule has 23 heavy (non-hydrogen) atoms. The van der Waals surface area contributed by atoms with Crippen LogP contribution in [0.2, 0.25) is 0 Å². The summed E-state index contributed by atoms with van der Waals surface area (Å²) in [6, 6.07) is 12.6. The predicted octanol–water partition coefficient (Wildman–Crippen LogP) is 4.23. The van der Waals surface area contributed by atoms with Gasteiger partial charge >= 0.3 is 4.87 Å². The van der Waals surface area contributed by atoms with Gasteiger partial charge in [0.15, 0.2) is 0 Å². The summed E-state index contributed by atoms with van der Waals surface area (Å²) in [5, 5.41) is 3.50. The van der Waals surface area contributed by atoms with Gasteiger partial charge in [-0.15, -0.1) is 11.8 Å². The van der Waals surface area contributed by atoms with Crippen LogP contribution in [0, 0.1) is 5.41 Å². The van der Waals surface area contributed by atoms with Crippen molar-refractivity contribution in [3.8, 4) is 5.75 Å². The monoisotopic (exact) mass is 341 g/mol. The van der Waals surface area contributed by atoms with Gasteiger partial charge in [0.2, 0.25) is 0 Å². The van der Waals surface area contributed by atoms with E-state index in [9.17, 15) is 4.79 Å². The molecule has 116 valence electrons. The zero-order valence-corrected chi connectivity index (χ0v) is 14.2. The molecule has 3 heterocycles. The van der Waals surface area contributed by atoms with E-state index in [2.05, 4.69) is 48.3 Å². The topological polar surface area (TPSA) is 42.1 Å². The third-order valence-corrected chi connectivity index (χ3v) is 7.42. The number of rotatable bonds is 0. The summed E-state index contributed by atoms with van der Waals surface area (Å²) in [5.41, 5.74) is 1.26. The lowest BCUT2D eigenvalue weighted by Crippen LogP contribution is -2.40. The average molecular weight is 341 g/mol. The molecule has 0 spiro atoms. The fourth-order valence-corrected chi connectivity index (χ4v) is 6.34. The molecule has 0 fully saturated rings. The van der Waals surface area contributed by atoms with Crippen molar-refractivity contribution in [3.05, 3.63) is 56.5 Å². The number of H-pyrrole nitrogens is 1. The number of benzene rings is 2. The molecule has 0 saturated carbocycles. The summed E-state index contributed by atoms with van der Waals surface area (Å²) in [5.74, 6) is 2.14. The van der Waals surface area contributed by atoms with Crippen molar-refractivity contribution in [2.45, 2.75) is 17.9 Å². The number of fused-ring (bicyclic) bond motifs is 7. The van der Waals surface area contributed by atoms with Crippen molar-refractivity contribution < 1.29 is 4.74 Å². The lowest BCUT2D eigenvalue weighted by molar-refractivity contribution is 0.138. The second kappa shape index (κ2) is 4.65. The van der Waals surface area contributed by atoms with Crippen molar-refractivity contribution in [1.82, 2.24) is 4.98 Å². The summed E-state index contributed by atoms with van der Waals surface area (Å²) in [7, 11) is 0. The number of aromatic amines is 1. The van der Waals surface area contributed by atoms with E-state index >= 15 is 0 Å². The van der Waals surface area contributed by atoms with Gasteiger partial charge in [-0.05, 0) is 16.8 Å². The van der Waals surface area contributed by atoms with Crippen LogP contribution in [-0.4, -0.2) is 17.3 Å². The Bertz CT molecular complexity index is 990. The van der Waals surface area contributed by atoms with E-state index in [-0.39, 0.29) is 16.2 Å². The van der Waals surface area contributed by atoms with E-state index in [1.165, 1.54) is 32.5 Å². The van der Waals surface area contributed by atoms with E-state index in [0.717, 1.165) is 16.5 Å². The first-order valence-electron chi connectivity index (χ1n) is 7.66. The van der Waals surface area contributed by atoms with E-state index < -0.39 is 0 Å². The SMILES string of the molecule is C[C@@]12COc3ccc4ccccc4c3[C@H]1c1sc(=O)[nH]c1SC2. The highest BCUT2D eigenvalue weighted by Crippen LogP contribution is 2.57. The quantitative estimate of drug-likeness (QED) is 0.665. The molecule has 2 aliphatic heterocycles. The van der Waals surface area contributed by atoms with Gasteiger partial charge in [-0.1, -0.05) is 48.6 Å². The van der Waals surface area contributed by atoms with Gasteiger partial charge in [0.05, 0.1) is 11.6 Å². The Morgan fingerprint density at radius 3 is 3.04 bits per heavy atom. The molecule has 0 aliphatic carbocycles. The van der Waals surface area contributed by atoms with Crippen LogP contribution in [0.4, 0.5) is 0 Å². The largest absolute Gasteiger partial charge is 0.493 e. The predicted molar refractivity (Wildman–Crippen MR) is 95.1 cm³/mol. The third kappa shape index (κ3) is 1.86. The van der Waals surface area contributed by atoms with Crippen molar-refractivity contribution in [2.75, 3.05) is 12.4 Å². The summed E-state index contributed by atoms with van der Waals surface area (Å²) in [4.78, 5) is 16.2. The molecule has 1 N–H and O–H groups in total. The Hall–Kier alpha value is -1.72. The van der Waals surface area contributed by atoms with Gasteiger partial charge < -0.3 is 9.72 Å². The molecule has 0 bridgehead atoms. The van der Waals surface area contributed by atoms with Gasteiger partial charge in [-0.25, -0.2) is 0 Å². The minimum Gasteiger partial charge on any atom is -0.493 e. The summed E-state index contributed by atoms with van der Waals surface area (Å²) >= 11 is 3.11. The summed E-state index contributed by atoms with van der Waals surface area (Å²) in [6.45, 7) is 2.98. The molecule has 0 saturated heterocycles. The molecule has 2 aliphatic rings. The van der Waals surface area contributed by atoms with Crippen LogP contribution in [-0.2, 0) is 0 Å². The molecule has 2 atom stereocenters. The maximum absolute atomic E-state index is 11.9. The maximum Gasteiger partial charge on any atom is 0.305 e. The smallest absolute Gasteiger partial charge is 0.305 e. The van der Waals surface area contributed by atoms with Crippen LogP contribution in [0.1, 0.15) is 23.3 Å². The average Bonchev–Trinajstić information content (AvgIpc) is 2.94. The second-order valence-electron chi connectivity index (χ2n) is 6.57. The van der Waals surface area contributed by atoms with Gasteiger partial charge in [-0.2, -0.15) is 0 Å². The lowest BCUT2D eigenvalue weighted by atomic mass is 9.71. The molecule has 3 nitrogen and oxygen atoms in total. The molecule has 5 rings (SSSR count). The van der Waals surface area contributed by atoms with Crippen LogP contribution in [0.5, 0.6) is 5.75 Å². The third-order valence-electron chi connectivity index (χ3n) is 4.92. The molecule has 0 unspecified atom stereocenters. The first-order chi connectivity index (χ1) is 11.2. The van der Waals surface area contributed by atoms with E-state index in [0.29, 0.717) is 6.61 Å². The molecular weight excluding hydrogens is 326 g/mol. The van der Waals surface area contributed by atoms with Crippen LogP contribution in [0.3, 0.4) is 0 Å². The number of thioether (sulfide) groups is 1. The number of hydrogen-bond donors (Lipinski definition) is 1. The molecule has 0 amide bonds. The molecule has 3 aromatic rings. The molecule has 5 heteroatoms. The van der Waals surface area contributed by atoms with Crippen LogP contribution >= 0.6 is 23.1 Å². The zero-order valence-electron chi connectivity index (χ0n) is 12.6. The normalized spacial score (nSPS) is 25.3.